The lowest BCUT2D eigenvalue weighted by atomic mass is 10.1. The van der Waals surface area contributed by atoms with Gasteiger partial charge in [0.15, 0.2) is 0 Å². The molecule has 0 radical (unpaired) electrons. The van der Waals surface area contributed by atoms with Gasteiger partial charge in [0.1, 0.15) is 0 Å². The smallest absolute Gasteiger partial charge is 0.337 e. The van der Waals surface area contributed by atoms with Crippen LogP contribution in [0, 0.1) is 11.8 Å². The molecule has 0 spiro atoms. The van der Waals surface area contributed by atoms with E-state index >= 15 is 0 Å². The third-order valence-corrected chi connectivity index (χ3v) is 2.12. The minimum Gasteiger partial charge on any atom is -0.478 e. The molecule has 0 saturated carbocycles. The van der Waals surface area contributed by atoms with Crippen molar-refractivity contribution in [2.45, 2.75) is 0 Å². The van der Waals surface area contributed by atoms with Crippen LogP contribution in [-0.2, 0) is 0 Å². The van der Waals surface area contributed by atoms with Crippen molar-refractivity contribution in [3.8, 4) is 11.8 Å². The molecule has 3 nitrogen and oxygen atoms in total. The number of rotatable bonds is 2. The van der Waals surface area contributed by atoms with Crippen LogP contribution in [0.3, 0.4) is 0 Å². The van der Waals surface area contributed by atoms with Gasteiger partial charge in [0.25, 0.3) is 0 Å². The Morgan fingerprint density at radius 1 is 1.60 bits per heavy atom. The number of carbonyl (C=O) groups is 1. The van der Waals surface area contributed by atoms with Crippen LogP contribution < -0.4 is 5.32 Å². The topological polar surface area (TPSA) is 49.3 Å². The van der Waals surface area contributed by atoms with Crippen LogP contribution in [0.5, 0.6) is 0 Å². The fraction of sp³-hybridized carbons (Fsp3) is 0.182. The van der Waals surface area contributed by atoms with Gasteiger partial charge in [-0.15, -0.1) is 0 Å². The highest BCUT2D eigenvalue weighted by molar-refractivity contribution is 6.34. The van der Waals surface area contributed by atoms with E-state index in [4.69, 9.17) is 16.7 Å². The monoisotopic (exact) mass is 223 g/mol. The Labute approximate surface area is 93.1 Å². The van der Waals surface area contributed by atoms with E-state index in [0.29, 0.717) is 12.1 Å². The molecule has 0 aromatic heterocycles. The molecular formula is C11H10ClNO2. The molecule has 0 saturated heterocycles. The van der Waals surface area contributed by atoms with Gasteiger partial charge in [-0.2, -0.15) is 0 Å². The lowest BCUT2D eigenvalue weighted by molar-refractivity contribution is 0.0697. The number of nitrogens with one attached hydrogen (secondary N) is 1. The number of benzene rings is 1. The zero-order chi connectivity index (χ0) is 11.3. The molecule has 0 amide bonds. The third-order valence-electron chi connectivity index (χ3n) is 1.72. The summed E-state index contributed by atoms with van der Waals surface area (Å²) in [4.78, 5) is 10.8. The lowest BCUT2D eigenvalue weighted by Gasteiger charge is -2.00. The van der Waals surface area contributed by atoms with Gasteiger partial charge in [-0.05, 0) is 19.2 Å². The lowest BCUT2D eigenvalue weighted by Crippen LogP contribution is -2.04. The fourth-order valence-corrected chi connectivity index (χ4v) is 1.28. The van der Waals surface area contributed by atoms with Gasteiger partial charge in [-0.3, -0.25) is 0 Å². The maximum atomic E-state index is 10.8. The fourth-order valence-electron chi connectivity index (χ4n) is 1.02. The quantitative estimate of drug-likeness (QED) is 0.749. The van der Waals surface area contributed by atoms with Crippen LogP contribution in [0.25, 0.3) is 0 Å². The van der Waals surface area contributed by atoms with Crippen molar-refractivity contribution in [2.24, 2.45) is 0 Å². The van der Waals surface area contributed by atoms with E-state index in [2.05, 4.69) is 17.2 Å². The van der Waals surface area contributed by atoms with E-state index in [0.717, 1.165) is 0 Å². The van der Waals surface area contributed by atoms with Crippen LogP contribution in [0.4, 0.5) is 0 Å². The van der Waals surface area contributed by atoms with Crippen LogP contribution >= 0.6 is 11.6 Å². The van der Waals surface area contributed by atoms with Crippen molar-refractivity contribution >= 4 is 17.6 Å². The second-order valence-electron chi connectivity index (χ2n) is 2.80. The number of halogens is 1. The van der Waals surface area contributed by atoms with Gasteiger partial charge < -0.3 is 10.4 Å². The highest BCUT2D eigenvalue weighted by Gasteiger charge is 2.10. The highest BCUT2D eigenvalue weighted by atomic mass is 35.5. The minimum atomic E-state index is -1.04. The Kier molecular flexibility index (Phi) is 4.17. The second kappa shape index (κ2) is 5.40. The van der Waals surface area contributed by atoms with E-state index in [1.54, 1.807) is 19.2 Å². The van der Waals surface area contributed by atoms with Crippen molar-refractivity contribution in [3.05, 3.63) is 34.3 Å². The molecule has 2 N–H and O–H groups in total. The molecule has 0 fully saturated rings. The van der Waals surface area contributed by atoms with Crippen LogP contribution in [0.15, 0.2) is 18.2 Å². The first-order valence-corrected chi connectivity index (χ1v) is 4.70. The Balaban J connectivity index is 3.06. The molecular weight excluding hydrogens is 214 g/mol. The van der Waals surface area contributed by atoms with Gasteiger partial charge in [0, 0.05) is 5.56 Å². The number of hydrogen-bond acceptors (Lipinski definition) is 2. The molecule has 0 atom stereocenters. The van der Waals surface area contributed by atoms with Crippen LogP contribution in [-0.4, -0.2) is 24.7 Å². The number of carboxylic acids is 1. The van der Waals surface area contributed by atoms with Gasteiger partial charge in [-0.1, -0.05) is 29.5 Å². The van der Waals surface area contributed by atoms with E-state index in [1.807, 2.05) is 0 Å². The molecule has 0 aliphatic carbocycles. The SMILES string of the molecule is CNCC#Cc1cccc(C(=O)O)c1Cl. The molecule has 0 bridgehead atoms. The summed E-state index contributed by atoms with van der Waals surface area (Å²) in [7, 11) is 1.78. The average molecular weight is 224 g/mol. The summed E-state index contributed by atoms with van der Waals surface area (Å²) in [5.41, 5.74) is 0.611. The van der Waals surface area contributed by atoms with E-state index in [1.165, 1.54) is 6.07 Å². The zero-order valence-electron chi connectivity index (χ0n) is 8.17. The van der Waals surface area contributed by atoms with Gasteiger partial charge >= 0.3 is 5.97 Å². The predicted molar refractivity (Wildman–Crippen MR) is 59.2 cm³/mol. The molecule has 0 unspecified atom stereocenters. The number of hydrogen-bond donors (Lipinski definition) is 2. The van der Waals surface area contributed by atoms with E-state index in [9.17, 15) is 4.79 Å². The molecule has 1 rings (SSSR count). The Morgan fingerprint density at radius 2 is 2.33 bits per heavy atom. The Hall–Kier alpha value is -1.50. The summed E-state index contributed by atoms with van der Waals surface area (Å²) >= 11 is 5.88. The second-order valence-corrected chi connectivity index (χ2v) is 3.18. The molecule has 1 aromatic carbocycles. The summed E-state index contributed by atoms with van der Waals surface area (Å²) in [5.74, 6) is 4.58. The van der Waals surface area contributed by atoms with E-state index in [-0.39, 0.29) is 10.6 Å². The third kappa shape index (κ3) is 2.98. The standard InChI is InChI=1S/C11H10ClNO2/c1-13-7-3-5-8-4-2-6-9(10(8)12)11(14)15/h2,4,6,13H,7H2,1H3,(H,14,15). The maximum absolute atomic E-state index is 10.8. The molecule has 0 heterocycles. The summed E-state index contributed by atoms with van der Waals surface area (Å²) in [6.45, 7) is 0.535. The average Bonchev–Trinajstić information content (AvgIpc) is 2.20. The molecule has 0 aliphatic rings. The normalized spacial score (nSPS) is 9.20. The minimum absolute atomic E-state index is 0.0768. The van der Waals surface area contributed by atoms with E-state index < -0.39 is 5.97 Å². The number of carboxylic acid groups (broad SMARTS) is 1. The van der Waals surface area contributed by atoms with Gasteiger partial charge in [0.05, 0.1) is 17.1 Å². The first-order valence-electron chi connectivity index (χ1n) is 4.32. The van der Waals surface area contributed by atoms with Gasteiger partial charge in [0.2, 0.25) is 0 Å². The molecule has 0 aliphatic heterocycles. The largest absolute Gasteiger partial charge is 0.478 e. The summed E-state index contributed by atoms with van der Waals surface area (Å²) in [5, 5.41) is 11.9. The summed E-state index contributed by atoms with van der Waals surface area (Å²) in [6.07, 6.45) is 0. The van der Waals surface area contributed by atoms with Crippen molar-refractivity contribution in [1.82, 2.24) is 5.32 Å². The molecule has 4 heteroatoms. The van der Waals surface area contributed by atoms with Crippen LogP contribution in [0.2, 0.25) is 5.02 Å². The zero-order valence-corrected chi connectivity index (χ0v) is 8.93. The highest BCUT2D eigenvalue weighted by Crippen LogP contribution is 2.20. The molecule has 78 valence electrons. The van der Waals surface area contributed by atoms with Crippen molar-refractivity contribution < 1.29 is 9.90 Å². The summed E-state index contributed by atoms with van der Waals surface area (Å²) in [6, 6.07) is 4.77. The molecule has 1 aromatic rings. The van der Waals surface area contributed by atoms with Crippen molar-refractivity contribution in [2.75, 3.05) is 13.6 Å². The maximum Gasteiger partial charge on any atom is 0.337 e. The summed E-state index contributed by atoms with van der Waals surface area (Å²) < 4.78 is 0. The Bertz CT molecular complexity index is 432. The van der Waals surface area contributed by atoms with Crippen molar-refractivity contribution in [3.63, 3.8) is 0 Å². The van der Waals surface area contributed by atoms with Gasteiger partial charge in [-0.25, -0.2) is 4.79 Å². The molecule has 15 heavy (non-hydrogen) atoms. The first kappa shape index (κ1) is 11.6. The first-order chi connectivity index (χ1) is 7.16. The predicted octanol–water partition coefficient (Wildman–Crippen LogP) is 1.61. The van der Waals surface area contributed by atoms with Crippen LogP contribution in [0.1, 0.15) is 15.9 Å². The Morgan fingerprint density at radius 3 is 2.93 bits per heavy atom. The number of aromatic carboxylic acids is 1. The van der Waals surface area contributed by atoms with Crippen molar-refractivity contribution in [1.29, 1.82) is 0 Å².